The van der Waals surface area contributed by atoms with Crippen LogP contribution in [0.4, 0.5) is 0 Å². The molecule has 18 heavy (non-hydrogen) atoms. The van der Waals surface area contributed by atoms with E-state index >= 15 is 0 Å². The summed E-state index contributed by atoms with van der Waals surface area (Å²) in [5.41, 5.74) is 0. The van der Waals surface area contributed by atoms with E-state index in [1.807, 2.05) is 0 Å². The van der Waals surface area contributed by atoms with Crippen molar-refractivity contribution in [3.05, 3.63) is 0 Å². The smallest absolute Gasteiger partial charge is 0.157 e. The van der Waals surface area contributed by atoms with Crippen LogP contribution < -0.4 is 0 Å². The molecular formula is C15H30O3. The van der Waals surface area contributed by atoms with Gasteiger partial charge in [-0.3, -0.25) is 0 Å². The van der Waals surface area contributed by atoms with Gasteiger partial charge < -0.3 is 14.2 Å². The van der Waals surface area contributed by atoms with Gasteiger partial charge in [-0.15, -0.1) is 0 Å². The molecule has 1 rings (SSSR count). The van der Waals surface area contributed by atoms with Crippen LogP contribution in [0.3, 0.4) is 0 Å². The minimum Gasteiger partial charge on any atom is -0.379 e. The van der Waals surface area contributed by atoms with E-state index in [9.17, 15) is 0 Å². The van der Waals surface area contributed by atoms with Crippen LogP contribution in [0.2, 0.25) is 0 Å². The molecule has 1 fully saturated rings. The Morgan fingerprint density at radius 3 is 2.56 bits per heavy atom. The fourth-order valence-corrected chi connectivity index (χ4v) is 2.17. The Morgan fingerprint density at radius 1 is 0.944 bits per heavy atom. The van der Waals surface area contributed by atoms with Crippen LogP contribution in [-0.4, -0.2) is 32.7 Å². The van der Waals surface area contributed by atoms with Crippen molar-refractivity contribution in [1.82, 2.24) is 0 Å². The maximum Gasteiger partial charge on any atom is 0.157 e. The Kier molecular flexibility index (Phi) is 10.6. The summed E-state index contributed by atoms with van der Waals surface area (Å²) in [6.45, 7) is 5.35. The van der Waals surface area contributed by atoms with Crippen molar-refractivity contribution in [1.29, 1.82) is 0 Å². The molecule has 0 spiro atoms. The number of rotatable bonds is 11. The van der Waals surface area contributed by atoms with Crippen molar-refractivity contribution in [3.63, 3.8) is 0 Å². The average Bonchev–Trinajstić information content (AvgIpc) is 2.42. The lowest BCUT2D eigenvalue weighted by Gasteiger charge is -2.22. The van der Waals surface area contributed by atoms with Crippen LogP contribution in [0.25, 0.3) is 0 Å². The van der Waals surface area contributed by atoms with Crippen molar-refractivity contribution in [2.75, 3.05) is 26.4 Å². The summed E-state index contributed by atoms with van der Waals surface area (Å²) >= 11 is 0. The number of hydrogen-bond acceptors (Lipinski definition) is 3. The van der Waals surface area contributed by atoms with E-state index in [-0.39, 0.29) is 6.29 Å². The monoisotopic (exact) mass is 258 g/mol. The maximum absolute atomic E-state index is 5.60. The van der Waals surface area contributed by atoms with E-state index in [0.717, 1.165) is 19.6 Å². The summed E-state index contributed by atoms with van der Waals surface area (Å²) in [7, 11) is 0. The van der Waals surface area contributed by atoms with E-state index in [1.54, 1.807) is 0 Å². The van der Waals surface area contributed by atoms with Gasteiger partial charge in [0.15, 0.2) is 6.29 Å². The number of ether oxygens (including phenoxy) is 3. The van der Waals surface area contributed by atoms with Crippen molar-refractivity contribution < 1.29 is 14.2 Å². The fourth-order valence-electron chi connectivity index (χ4n) is 2.17. The Hall–Kier alpha value is -0.120. The van der Waals surface area contributed by atoms with Gasteiger partial charge in [0.25, 0.3) is 0 Å². The second kappa shape index (κ2) is 11.9. The first kappa shape index (κ1) is 15.9. The summed E-state index contributed by atoms with van der Waals surface area (Å²) in [6.07, 6.45) is 11.4. The van der Waals surface area contributed by atoms with Gasteiger partial charge in [0.1, 0.15) is 0 Å². The third-order valence-electron chi connectivity index (χ3n) is 3.31. The Morgan fingerprint density at radius 2 is 1.78 bits per heavy atom. The molecule has 108 valence electrons. The van der Waals surface area contributed by atoms with Gasteiger partial charge in [0, 0.05) is 13.2 Å². The van der Waals surface area contributed by atoms with Crippen LogP contribution in [0.1, 0.15) is 64.7 Å². The largest absolute Gasteiger partial charge is 0.379 e. The molecule has 0 bridgehead atoms. The first-order valence-corrected chi connectivity index (χ1v) is 7.74. The second-order valence-electron chi connectivity index (χ2n) is 5.05. The van der Waals surface area contributed by atoms with E-state index in [0.29, 0.717) is 13.2 Å². The third-order valence-corrected chi connectivity index (χ3v) is 3.31. The lowest BCUT2D eigenvalue weighted by molar-refractivity contribution is -0.169. The van der Waals surface area contributed by atoms with Crippen LogP contribution in [0.5, 0.6) is 0 Å². The molecule has 1 atom stereocenters. The number of hydrogen-bond donors (Lipinski definition) is 0. The van der Waals surface area contributed by atoms with Crippen LogP contribution in [0, 0.1) is 0 Å². The van der Waals surface area contributed by atoms with Gasteiger partial charge in [-0.1, -0.05) is 39.0 Å². The summed E-state index contributed by atoms with van der Waals surface area (Å²) in [4.78, 5) is 0. The molecule has 1 heterocycles. The SMILES string of the molecule is CCCCCCCCOCCOC1CCCCO1. The zero-order valence-corrected chi connectivity index (χ0v) is 12.0. The lowest BCUT2D eigenvalue weighted by Crippen LogP contribution is -2.24. The minimum atomic E-state index is 0.0244. The normalized spacial score (nSPS) is 20.2. The summed E-state index contributed by atoms with van der Waals surface area (Å²) in [6, 6.07) is 0. The second-order valence-corrected chi connectivity index (χ2v) is 5.05. The molecule has 1 aliphatic heterocycles. The fraction of sp³-hybridized carbons (Fsp3) is 1.00. The molecule has 0 aromatic carbocycles. The molecular weight excluding hydrogens is 228 g/mol. The molecule has 1 aliphatic rings. The minimum absolute atomic E-state index is 0.0244. The molecule has 0 aliphatic carbocycles. The highest BCUT2D eigenvalue weighted by Gasteiger charge is 2.13. The molecule has 1 saturated heterocycles. The third kappa shape index (κ3) is 8.90. The average molecular weight is 258 g/mol. The van der Waals surface area contributed by atoms with Crippen molar-refractivity contribution in [2.45, 2.75) is 71.0 Å². The highest BCUT2D eigenvalue weighted by atomic mass is 16.7. The standard InChI is InChI=1S/C15H30O3/c1-2-3-4-5-6-8-11-16-13-14-18-15-10-7-9-12-17-15/h15H,2-14H2,1H3. The van der Waals surface area contributed by atoms with Crippen LogP contribution in [-0.2, 0) is 14.2 Å². The van der Waals surface area contributed by atoms with Crippen LogP contribution >= 0.6 is 0 Å². The zero-order chi connectivity index (χ0) is 12.9. The highest BCUT2D eigenvalue weighted by Crippen LogP contribution is 2.13. The highest BCUT2D eigenvalue weighted by molar-refractivity contribution is 4.53. The predicted molar refractivity (Wildman–Crippen MR) is 73.7 cm³/mol. The molecule has 0 radical (unpaired) electrons. The lowest BCUT2D eigenvalue weighted by atomic mass is 10.1. The van der Waals surface area contributed by atoms with Crippen LogP contribution in [0.15, 0.2) is 0 Å². The Balaban J connectivity index is 1.73. The molecule has 3 nitrogen and oxygen atoms in total. The van der Waals surface area contributed by atoms with E-state index in [2.05, 4.69) is 6.92 Å². The summed E-state index contributed by atoms with van der Waals surface area (Å²) in [5.74, 6) is 0. The molecule has 1 unspecified atom stereocenters. The first-order valence-electron chi connectivity index (χ1n) is 7.74. The molecule has 0 aromatic heterocycles. The quantitative estimate of drug-likeness (QED) is 0.526. The van der Waals surface area contributed by atoms with Gasteiger partial charge in [-0.25, -0.2) is 0 Å². The molecule has 0 saturated carbocycles. The molecule has 3 heteroatoms. The molecule has 0 N–H and O–H groups in total. The Labute approximate surface area is 112 Å². The van der Waals surface area contributed by atoms with Gasteiger partial charge in [0.05, 0.1) is 13.2 Å². The van der Waals surface area contributed by atoms with Gasteiger partial charge in [-0.2, -0.15) is 0 Å². The molecule has 0 amide bonds. The van der Waals surface area contributed by atoms with Gasteiger partial charge in [0.2, 0.25) is 0 Å². The topological polar surface area (TPSA) is 27.7 Å². The Bertz CT molecular complexity index is 167. The van der Waals surface area contributed by atoms with E-state index in [4.69, 9.17) is 14.2 Å². The van der Waals surface area contributed by atoms with E-state index in [1.165, 1.54) is 51.4 Å². The number of unbranched alkanes of at least 4 members (excludes halogenated alkanes) is 5. The van der Waals surface area contributed by atoms with E-state index < -0.39 is 0 Å². The van der Waals surface area contributed by atoms with Crippen molar-refractivity contribution >= 4 is 0 Å². The van der Waals surface area contributed by atoms with Crippen molar-refractivity contribution in [2.24, 2.45) is 0 Å². The zero-order valence-electron chi connectivity index (χ0n) is 12.0. The predicted octanol–water partition coefficient (Wildman–Crippen LogP) is 3.91. The van der Waals surface area contributed by atoms with Gasteiger partial charge >= 0.3 is 0 Å². The first-order chi connectivity index (χ1) is 8.93. The summed E-state index contributed by atoms with van der Waals surface area (Å²) < 4.78 is 16.6. The van der Waals surface area contributed by atoms with Gasteiger partial charge in [-0.05, 0) is 25.7 Å². The molecule has 0 aromatic rings. The maximum atomic E-state index is 5.60. The summed E-state index contributed by atoms with van der Waals surface area (Å²) in [5, 5.41) is 0. The van der Waals surface area contributed by atoms with Crippen molar-refractivity contribution in [3.8, 4) is 0 Å².